The summed E-state index contributed by atoms with van der Waals surface area (Å²) in [4.78, 5) is 0. The van der Waals surface area contributed by atoms with Crippen LogP contribution in [0.3, 0.4) is 0 Å². The molecule has 1 unspecified atom stereocenters. The van der Waals surface area contributed by atoms with Crippen molar-refractivity contribution in [2.24, 2.45) is 11.1 Å². The van der Waals surface area contributed by atoms with Crippen molar-refractivity contribution in [3.05, 3.63) is 27.7 Å². The van der Waals surface area contributed by atoms with Gasteiger partial charge in [-0.2, -0.15) is 0 Å². The number of ether oxygens (including phenoxy) is 1. The quantitative estimate of drug-likeness (QED) is 0.885. The van der Waals surface area contributed by atoms with Gasteiger partial charge in [-0.1, -0.05) is 44.0 Å². The van der Waals surface area contributed by atoms with Gasteiger partial charge in [0.15, 0.2) is 0 Å². The average Bonchev–Trinajstić information content (AvgIpc) is 2.21. The van der Waals surface area contributed by atoms with Crippen LogP contribution in [0.5, 0.6) is 5.75 Å². The van der Waals surface area contributed by atoms with E-state index in [0.717, 1.165) is 5.56 Å². The second-order valence-corrected chi connectivity index (χ2v) is 5.90. The van der Waals surface area contributed by atoms with Crippen molar-refractivity contribution < 1.29 is 4.74 Å². The van der Waals surface area contributed by atoms with Gasteiger partial charge in [-0.15, -0.1) is 0 Å². The molecule has 4 heteroatoms. The van der Waals surface area contributed by atoms with Crippen LogP contribution >= 0.6 is 23.2 Å². The minimum Gasteiger partial charge on any atom is -0.492 e. The van der Waals surface area contributed by atoms with Gasteiger partial charge < -0.3 is 10.5 Å². The maximum absolute atomic E-state index is 6.22. The zero-order chi connectivity index (χ0) is 13.2. The molecule has 0 saturated heterocycles. The maximum Gasteiger partial charge on any atom is 0.139 e. The number of halogens is 2. The molecule has 0 aliphatic rings. The van der Waals surface area contributed by atoms with Crippen LogP contribution < -0.4 is 10.5 Å². The lowest BCUT2D eigenvalue weighted by atomic mass is 9.83. The van der Waals surface area contributed by atoms with Crippen LogP contribution in [0.4, 0.5) is 0 Å². The molecule has 0 bridgehead atoms. The molecule has 0 aliphatic heterocycles. The lowest BCUT2D eigenvalue weighted by molar-refractivity contribution is 0.324. The standard InChI is InChI=1S/C13H19Cl2NO/c1-5-17-11-7-9(14)8(6-10(11)15)12(16)13(2,3)4/h6-7,12H,5,16H2,1-4H3. The third-order valence-corrected chi connectivity index (χ3v) is 3.24. The van der Waals surface area contributed by atoms with E-state index < -0.39 is 0 Å². The van der Waals surface area contributed by atoms with Crippen molar-refractivity contribution >= 4 is 23.2 Å². The number of hydrogen-bond donors (Lipinski definition) is 1. The topological polar surface area (TPSA) is 35.2 Å². The molecule has 0 amide bonds. The van der Waals surface area contributed by atoms with Crippen molar-refractivity contribution in [2.45, 2.75) is 33.7 Å². The molecule has 1 aromatic rings. The van der Waals surface area contributed by atoms with Crippen molar-refractivity contribution in [3.8, 4) is 5.75 Å². The van der Waals surface area contributed by atoms with Crippen LogP contribution in [0.1, 0.15) is 39.3 Å². The zero-order valence-corrected chi connectivity index (χ0v) is 12.2. The fourth-order valence-corrected chi connectivity index (χ4v) is 2.01. The lowest BCUT2D eigenvalue weighted by Gasteiger charge is -2.28. The predicted molar refractivity (Wildman–Crippen MR) is 74.0 cm³/mol. The zero-order valence-electron chi connectivity index (χ0n) is 10.7. The summed E-state index contributed by atoms with van der Waals surface area (Å²) in [6, 6.07) is 3.36. The van der Waals surface area contributed by atoms with Crippen LogP contribution in [0.15, 0.2) is 12.1 Å². The van der Waals surface area contributed by atoms with Gasteiger partial charge in [0, 0.05) is 17.1 Å². The molecule has 0 fully saturated rings. The smallest absolute Gasteiger partial charge is 0.139 e. The highest BCUT2D eigenvalue weighted by molar-refractivity contribution is 6.34. The summed E-state index contributed by atoms with van der Waals surface area (Å²) < 4.78 is 5.38. The van der Waals surface area contributed by atoms with Gasteiger partial charge in [0.25, 0.3) is 0 Å². The van der Waals surface area contributed by atoms with Crippen LogP contribution in [-0.2, 0) is 0 Å². The van der Waals surface area contributed by atoms with Gasteiger partial charge in [0.2, 0.25) is 0 Å². The van der Waals surface area contributed by atoms with Crippen molar-refractivity contribution in [2.75, 3.05) is 6.61 Å². The summed E-state index contributed by atoms with van der Waals surface area (Å²) in [6.45, 7) is 8.66. The molecule has 0 heterocycles. The van der Waals surface area contributed by atoms with E-state index in [4.69, 9.17) is 33.7 Å². The molecule has 2 N–H and O–H groups in total. The molecule has 0 radical (unpaired) electrons. The first-order valence-electron chi connectivity index (χ1n) is 5.64. The molecule has 1 atom stereocenters. The summed E-state index contributed by atoms with van der Waals surface area (Å²) >= 11 is 12.4. The summed E-state index contributed by atoms with van der Waals surface area (Å²) in [6.07, 6.45) is 0. The number of rotatable bonds is 3. The average molecular weight is 276 g/mol. The largest absolute Gasteiger partial charge is 0.492 e. The molecular formula is C13H19Cl2NO. The van der Waals surface area contributed by atoms with E-state index in [-0.39, 0.29) is 11.5 Å². The highest BCUT2D eigenvalue weighted by Crippen LogP contribution is 2.39. The fraction of sp³-hybridized carbons (Fsp3) is 0.538. The maximum atomic E-state index is 6.22. The summed E-state index contributed by atoms with van der Waals surface area (Å²) in [5, 5.41) is 1.14. The van der Waals surface area contributed by atoms with Crippen molar-refractivity contribution in [1.29, 1.82) is 0 Å². The third kappa shape index (κ3) is 3.51. The van der Waals surface area contributed by atoms with E-state index in [9.17, 15) is 0 Å². The lowest BCUT2D eigenvalue weighted by Crippen LogP contribution is -2.26. The fourth-order valence-electron chi connectivity index (χ4n) is 1.51. The normalized spacial score (nSPS) is 13.6. The van der Waals surface area contributed by atoms with E-state index in [1.54, 1.807) is 12.1 Å². The Balaban J connectivity index is 3.15. The van der Waals surface area contributed by atoms with E-state index in [0.29, 0.717) is 22.4 Å². The highest BCUT2D eigenvalue weighted by atomic mass is 35.5. The Hall–Kier alpha value is -0.440. The Morgan fingerprint density at radius 3 is 2.29 bits per heavy atom. The molecule has 96 valence electrons. The molecule has 1 aromatic carbocycles. The van der Waals surface area contributed by atoms with Gasteiger partial charge in [-0.25, -0.2) is 0 Å². The Labute approximate surface area is 113 Å². The van der Waals surface area contributed by atoms with Crippen molar-refractivity contribution in [3.63, 3.8) is 0 Å². The first-order valence-corrected chi connectivity index (χ1v) is 6.40. The summed E-state index contributed by atoms with van der Waals surface area (Å²) in [5.74, 6) is 0.601. The Morgan fingerprint density at radius 2 is 1.82 bits per heavy atom. The Bertz CT molecular complexity index is 399. The van der Waals surface area contributed by atoms with Gasteiger partial charge >= 0.3 is 0 Å². The number of nitrogens with two attached hydrogens (primary N) is 1. The minimum absolute atomic E-state index is 0.0693. The van der Waals surface area contributed by atoms with E-state index in [1.165, 1.54) is 0 Å². The first-order chi connectivity index (χ1) is 7.77. The Morgan fingerprint density at radius 1 is 1.24 bits per heavy atom. The minimum atomic E-state index is -0.164. The van der Waals surface area contributed by atoms with Gasteiger partial charge in [-0.3, -0.25) is 0 Å². The van der Waals surface area contributed by atoms with Crippen LogP contribution in [0.25, 0.3) is 0 Å². The van der Waals surface area contributed by atoms with Gasteiger partial charge in [0.05, 0.1) is 11.6 Å². The molecule has 0 aliphatic carbocycles. The first kappa shape index (κ1) is 14.6. The van der Waals surface area contributed by atoms with Gasteiger partial charge in [-0.05, 0) is 24.0 Å². The Kier molecular flexibility index (Phi) is 4.70. The molecule has 17 heavy (non-hydrogen) atoms. The van der Waals surface area contributed by atoms with E-state index in [1.807, 2.05) is 6.92 Å². The van der Waals surface area contributed by atoms with E-state index >= 15 is 0 Å². The van der Waals surface area contributed by atoms with E-state index in [2.05, 4.69) is 20.8 Å². The summed E-state index contributed by atoms with van der Waals surface area (Å²) in [7, 11) is 0. The second kappa shape index (κ2) is 5.47. The molecule has 2 nitrogen and oxygen atoms in total. The molecular weight excluding hydrogens is 257 g/mol. The number of hydrogen-bond acceptors (Lipinski definition) is 2. The SMILES string of the molecule is CCOc1cc(Cl)c(C(N)C(C)(C)C)cc1Cl. The second-order valence-electron chi connectivity index (χ2n) is 5.08. The van der Waals surface area contributed by atoms with Crippen molar-refractivity contribution in [1.82, 2.24) is 0 Å². The predicted octanol–water partition coefficient (Wildman–Crippen LogP) is 4.44. The molecule has 0 saturated carbocycles. The molecule has 0 spiro atoms. The molecule has 1 rings (SSSR count). The third-order valence-electron chi connectivity index (χ3n) is 2.62. The molecule has 0 aromatic heterocycles. The monoisotopic (exact) mass is 275 g/mol. The van der Waals surface area contributed by atoms with Gasteiger partial charge in [0.1, 0.15) is 5.75 Å². The van der Waals surface area contributed by atoms with Crippen LogP contribution in [0, 0.1) is 5.41 Å². The van der Waals surface area contributed by atoms with Crippen LogP contribution in [-0.4, -0.2) is 6.61 Å². The highest BCUT2D eigenvalue weighted by Gasteiger charge is 2.25. The van der Waals surface area contributed by atoms with Crippen LogP contribution in [0.2, 0.25) is 10.0 Å². The number of benzene rings is 1. The summed E-state index contributed by atoms with van der Waals surface area (Å²) in [5.41, 5.74) is 6.97.